The molecule has 178 valence electrons. The lowest BCUT2D eigenvalue weighted by atomic mass is 9.95. The van der Waals surface area contributed by atoms with Gasteiger partial charge in [0, 0.05) is 13.1 Å². The third kappa shape index (κ3) is 4.76. The van der Waals surface area contributed by atoms with Crippen molar-refractivity contribution in [3.05, 3.63) is 89.9 Å². The summed E-state index contributed by atoms with van der Waals surface area (Å²) in [6, 6.07) is 19.2. The Morgan fingerprint density at radius 2 is 1.76 bits per heavy atom. The Bertz CT molecular complexity index is 1260. The van der Waals surface area contributed by atoms with Crippen LogP contribution in [-0.2, 0) is 32.7 Å². The zero-order valence-corrected chi connectivity index (χ0v) is 19.9. The summed E-state index contributed by atoms with van der Waals surface area (Å²) in [6.45, 7) is 3.21. The van der Waals surface area contributed by atoms with Gasteiger partial charge in [0.25, 0.3) is 0 Å². The Kier molecular flexibility index (Phi) is 6.58. The Morgan fingerprint density at radius 3 is 2.41 bits per heavy atom. The number of carbonyl (C=O) groups excluding carboxylic acids is 2. The van der Waals surface area contributed by atoms with Crippen molar-refractivity contribution < 1.29 is 22.4 Å². The molecule has 2 aromatic carbocycles. The van der Waals surface area contributed by atoms with E-state index in [4.69, 9.17) is 4.42 Å². The topological polar surface area (TPSA) is 99.9 Å². The van der Waals surface area contributed by atoms with Gasteiger partial charge in [-0.05, 0) is 43.7 Å². The van der Waals surface area contributed by atoms with Crippen LogP contribution in [0.1, 0.15) is 23.8 Å². The summed E-state index contributed by atoms with van der Waals surface area (Å²) < 4.78 is 33.2. The van der Waals surface area contributed by atoms with Crippen molar-refractivity contribution in [3.8, 4) is 0 Å². The maximum absolute atomic E-state index is 13.5. The van der Waals surface area contributed by atoms with Crippen LogP contribution in [0.4, 0.5) is 0 Å². The van der Waals surface area contributed by atoms with Crippen molar-refractivity contribution in [2.45, 2.75) is 37.4 Å². The van der Waals surface area contributed by atoms with E-state index < -0.39 is 27.4 Å². The maximum atomic E-state index is 13.5. The third-order valence-corrected chi connectivity index (χ3v) is 7.84. The van der Waals surface area contributed by atoms with Gasteiger partial charge in [-0.25, -0.2) is 8.42 Å². The number of hydrogen-bond acceptors (Lipinski definition) is 5. The van der Waals surface area contributed by atoms with Gasteiger partial charge in [-0.15, -0.1) is 0 Å². The molecule has 0 radical (unpaired) electrons. The smallest absolute Gasteiger partial charge is 0.247 e. The van der Waals surface area contributed by atoms with Crippen LogP contribution in [0.15, 0.2) is 82.3 Å². The van der Waals surface area contributed by atoms with Crippen LogP contribution in [0.2, 0.25) is 0 Å². The van der Waals surface area contributed by atoms with Gasteiger partial charge in [0.2, 0.25) is 21.8 Å². The zero-order valence-electron chi connectivity index (χ0n) is 19.1. The highest BCUT2D eigenvalue weighted by molar-refractivity contribution is 7.89. The predicted octanol–water partition coefficient (Wildman–Crippen LogP) is 2.70. The number of rotatable bonds is 7. The second-order valence-electron chi connectivity index (χ2n) is 8.59. The molecule has 1 atom stereocenters. The molecule has 8 nitrogen and oxygen atoms in total. The standard InChI is InChI=1S/C25H27N3O5S/c1-19-10-12-22(13-11-19)34(31,32)27-17-23(29)28(16-21-9-6-14-33-21)25(2,18-27)24(30)26-15-20-7-4-3-5-8-20/h3-14H,15-18H2,1-2H3,(H,26,30)/t25-/m1/s1. The lowest BCUT2D eigenvalue weighted by Gasteiger charge is -2.46. The molecule has 1 saturated heterocycles. The van der Waals surface area contributed by atoms with Crippen LogP contribution in [-0.4, -0.2) is 48.1 Å². The summed E-state index contributed by atoms with van der Waals surface area (Å²) in [5.41, 5.74) is 0.362. The summed E-state index contributed by atoms with van der Waals surface area (Å²) in [7, 11) is -3.99. The Hall–Kier alpha value is -3.43. The van der Waals surface area contributed by atoms with Gasteiger partial charge in [-0.1, -0.05) is 48.0 Å². The van der Waals surface area contributed by atoms with Crippen LogP contribution in [0.5, 0.6) is 0 Å². The van der Waals surface area contributed by atoms with Gasteiger partial charge < -0.3 is 14.6 Å². The van der Waals surface area contributed by atoms with E-state index in [-0.39, 0.29) is 31.1 Å². The molecule has 0 saturated carbocycles. The highest BCUT2D eigenvalue weighted by atomic mass is 32.2. The fourth-order valence-electron chi connectivity index (χ4n) is 4.01. The highest BCUT2D eigenvalue weighted by Crippen LogP contribution is 2.29. The second-order valence-corrected chi connectivity index (χ2v) is 10.5. The molecule has 1 N–H and O–H groups in total. The lowest BCUT2D eigenvalue weighted by Crippen LogP contribution is -2.69. The molecule has 1 aromatic heterocycles. The highest BCUT2D eigenvalue weighted by Gasteiger charge is 2.50. The molecule has 0 aliphatic carbocycles. The van der Waals surface area contributed by atoms with Crippen molar-refractivity contribution in [1.29, 1.82) is 0 Å². The average molecular weight is 482 g/mol. The first-order valence-electron chi connectivity index (χ1n) is 10.9. The third-order valence-electron chi connectivity index (χ3n) is 6.03. The van der Waals surface area contributed by atoms with Crippen molar-refractivity contribution in [2.24, 2.45) is 0 Å². The fraction of sp³-hybridized carbons (Fsp3) is 0.280. The largest absolute Gasteiger partial charge is 0.467 e. The number of aryl methyl sites for hydroxylation is 1. The van der Waals surface area contributed by atoms with Crippen molar-refractivity contribution >= 4 is 21.8 Å². The number of hydrogen-bond donors (Lipinski definition) is 1. The lowest BCUT2D eigenvalue weighted by molar-refractivity contribution is -0.154. The summed E-state index contributed by atoms with van der Waals surface area (Å²) in [4.78, 5) is 28.2. The molecule has 4 rings (SSSR count). The van der Waals surface area contributed by atoms with Crippen LogP contribution in [0.3, 0.4) is 0 Å². The normalized spacial score (nSPS) is 19.2. The molecule has 2 heterocycles. The molecule has 1 aliphatic rings. The number of piperazine rings is 1. The van der Waals surface area contributed by atoms with Crippen molar-refractivity contribution in [1.82, 2.24) is 14.5 Å². The molecule has 1 fully saturated rings. The molecule has 2 amide bonds. The first kappa shape index (κ1) is 23.7. The maximum Gasteiger partial charge on any atom is 0.247 e. The van der Waals surface area contributed by atoms with E-state index in [9.17, 15) is 18.0 Å². The molecule has 1 aliphatic heterocycles. The van der Waals surface area contributed by atoms with E-state index in [2.05, 4.69) is 5.32 Å². The summed E-state index contributed by atoms with van der Waals surface area (Å²) in [6.07, 6.45) is 1.49. The minimum absolute atomic E-state index is 0.0551. The number of nitrogens with zero attached hydrogens (tertiary/aromatic N) is 2. The summed E-state index contributed by atoms with van der Waals surface area (Å²) in [5.74, 6) is -0.416. The molecule has 9 heteroatoms. The van der Waals surface area contributed by atoms with E-state index in [1.54, 1.807) is 31.2 Å². The molecule has 3 aromatic rings. The van der Waals surface area contributed by atoms with Gasteiger partial charge in [0.05, 0.1) is 24.2 Å². The molecular weight excluding hydrogens is 454 g/mol. The van der Waals surface area contributed by atoms with Gasteiger partial charge in [0.1, 0.15) is 11.3 Å². The first-order chi connectivity index (χ1) is 16.2. The average Bonchev–Trinajstić information content (AvgIpc) is 3.34. The summed E-state index contributed by atoms with van der Waals surface area (Å²) >= 11 is 0. The number of nitrogens with one attached hydrogen (secondary N) is 1. The minimum atomic E-state index is -3.99. The van der Waals surface area contributed by atoms with Gasteiger partial charge in [-0.3, -0.25) is 9.59 Å². The number of sulfonamides is 1. The molecule has 34 heavy (non-hydrogen) atoms. The zero-order chi connectivity index (χ0) is 24.3. The monoisotopic (exact) mass is 481 g/mol. The Balaban J connectivity index is 1.64. The van der Waals surface area contributed by atoms with E-state index in [0.717, 1.165) is 15.4 Å². The quantitative estimate of drug-likeness (QED) is 0.559. The van der Waals surface area contributed by atoms with E-state index in [1.165, 1.54) is 23.3 Å². The number of amides is 2. The van der Waals surface area contributed by atoms with Crippen LogP contribution >= 0.6 is 0 Å². The fourth-order valence-corrected chi connectivity index (χ4v) is 5.49. The SMILES string of the molecule is Cc1ccc(S(=O)(=O)N2CC(=O)N(Cc3ccco3)[C@@](C)(C(=O)NCc3ccccc3)C2)cc1. The molecular formula is C25H27N3O5S. The number of benzene rings is 2. The minimum Gasteiger partial charge on any atom is -0.467 e. The number of carbonyl (C=O) groups is 2. The predicted molar refractivity (Wildman–Crippen MR) is 126 cm³/mol. The van der Waals surface area contributed by atoms with Crippen LogP contribution < -0.4 is 5.32 Å². The van der Waals surface area contributed by atoms with Crippen molar-refractivity contribution in [2.75, 3.05) is 13.1 Å². The molecule has 0 spiro atoms. The Labute approximate surface area is 199 Å². The van der Waals surface area contributed by atoms with Gasteiger partial charge in [-0.2, -0.15) is 4.31 Å². The second kappa shape index (κ2) is 9.44. The number of furan rings is 1. The van der Waals surface area contributed by atoms with Crippen molar-refractivity contribution in [3.63, 3.8) is 0 Å². The van der Waals surface area contributed by atoms with Gasteiger partial charge >= 0.3 is 0 Å². The van der Waals surface area contributed by atoms with E-state index in [1.807, 2.05) is 37.3 Å². The van der Waals surface area contributed by atoms with E-state index in [0.29, 0.717) is 5.76 Å². The van der Waals surface area contributed by atoms with Crippen LogP contribution in [0.25, 0.3) is 0 Å². The molecule has 0 unspecified atom stereocenters. The van der Waals surface area contributed by atoms with Crippen LogP contribution in [0, 0.1) is 6.92 Å². The molecule has 0 bridgehead atoms. The van der Waals surface area contributed by atoms with Gasteiger partial charge in [0.15, 0.2) is 0 Å². The summed E-state index contributed by atoms with van der Waals surface area (Å²) in [5, 5.41) is 2.87. The van der Waals surface area contributed by atoms with E-state index >= 15 is 0 Å². The first-order valence-corrected chi connectivity index (χ1v) is 12.4. The Morgan fingerprint density at radius 1 is 1.06 bits per heavy atom.